The van der Waals surface area contributed by atoms with Crippen molar-refractivity contribution in [3.05, 3.63) is 61.3 Å². The molecule has 0 heteroatoms. The Hall–Kier alpha value is -1.30. The minimum Gasteiger partial charge on any atom is -0.0990 e. The van der Waals surface area contributed by atoms with Gasteiger partial charge < -0.3 is 0 Å². The van der Waals surface area contributed by atoms with Crippen molar-refractivity contribution in [1.82, 2.24) is 0 Å². The molecule has 0 nitrogen and oxygen atoms in total. The van der Waals surface area contributed by atoms with Crippen LogP contribution in [0.15, 0.2) is 61.3 Å². The van der Waals surface area contributed by atoms with Gasteiger partial charge in [0.2, 0.25) is 0 Å². The van der Waals surface area contributed by atoms with Gasteiger partial charge in [-0.05, 0) is 12.0 Å². The van der Waals surface area contributed by atoms with Crippen molar-refractivity contribution in [2.24, 2.45) is 0 Å². The molecular weight excluding hydrogens is 144 g/mol. The monoisotopic (exact) mass is 160 g/mol. The highest BCUT2D eigenvalue weighted by Gasteiger charge is 1.77. The van der Waals surface area contributed by atoms with E-state index in [9.17, 15) is 0 Å². The minimum atomic E-state index is 1.07. The maximum Gasteiger partial charge on any atom is -0.0263 e. The van der Waals surface area contributed by atoms with E-state index >= 15 is 0 Å². The number of rotatable bonds is 5. The molecule has 0 unspecified atom stereocenters. The van der Waals surface area contributed by atoms with Crippen LogP contribution < -0.4 is 0 Å². The maximum atomic E-state index is 3.69. The van der Waals surface area contributed by atoms with Gasteiger partial charge in [0.15, 0.2) is 0 Å². The second-order valence-corrected chi connectivity index (χ2v) is 2.30. The first-order chi connectivity index (χ1) is 5.85. The molecule has 0 saturated carbocycles. The van der Waals surface area contributed by atoms with Crippen LogP contribution in [0.1, 0.15) is 13.3 Å². The summed E-state index contributed by atoms with van der Waals surface area (Å²) >= 11 is 0. The molecular formula is C12H16. The lowest BCUT2D eigenvalue weighted by Gasteiger charge is -1.87. The maximum absolute atomic E-state index is 3.69. The van der Waals surface area contributed by atoms with Gasteiger partial charge in [-0.15, -0.1) is 0 Å². The molecule has 0 spiro atoms. The smallest absolute Gasteiger partial charge is 0.0263 e. The van der Waals surface area contributed by atoms with Crippen LogP contribution in [0.4, 0.5) is 0 Å². The largest absolute Gasteiger partial charge is 0.0990 e. The molecule has 0 heterocycles. The van der Waals surface area contributed by atoms with E-state index in [2.05, 4.69) is 26.2 Å². The summed E-state index contributed by atoms with van der Waals surface area (Å²) in [6, 6.07) is 0. The predicted octanol–water partition coefficient (Wildman–Crippen LogP) is 3.81. The summed E-state index contributed by atoms with van der Waals surface area (Å²) < 4.78 is 0. The summed E-state index contributed by atoms with van der Waals surface area (Å²) in [6.45, 7) is 9.41. The van der Waals surface area contributed by atoms with Gasteiger partial charge in [0.25, 0.3) is 0 Å². The summed E-state index contributed by atoms with van der Waals surface area (Å²) in [7, 11) is 0. The molecule has 0 radical (unpaired) electrons. The highest BCUT2D eigenvalue weighted by molar-refractivity contribution is 5.33. The topological polar surface area (TPSA) is 0 Å². The minimum absolute atomic E-state index is 1.07. The molecule has 0 aliphatic carbocycles. The van der Waals surface area contributed by atoms with Crippen LogP contribution in [0, 0.1) is 0 Å². The second-order valence-electron chi connectivity index (χ2n) is 2.30. The van der Waals surface area contributed by atoms with Crippen LogP contribution >= 0.6 is 0 Å². The van der Waals surface area contributed by atoms with Gasteiger partial charge in [-0.3, -0.25) is 0 Å². The van der Waals surface area contributed by atoms with E-state index in [-0.39, 0.29) is 0 Å². The molecule has 0 aliphatic rings. The molecule has 0 aromatic rings. The van der Waals surface area contributed by atoms with Gasteiger partial charge in [0.1, 0.15) is 0 Å². The van der Waals surface area contributed by atoms with E-state index in [4.69, 9.17) is 0 Å². The summed E-state index contributed by atoms with van der Waals surface area (Å²) in [5.41, 5.74) is 1.07. The Morgan fingerprint density at radius 3 is 2.50 bits per heavy atom. The van der Waals surface area contributed by atoms with Crippen LogP contribution in [0.25, 0.3) is 0 Å². The van der Waals surface area contributed by atoms with Crippen molar-refractivity contribution in [2.75, 3.05) is 0 Å². The molecule has 0 atom stereocenters. The fourth-order valence-corrected chi connectivity index (χ4v) is 0.709. The Bertz CT molecular complexity index is 214. The van der Waals surface area contributed by atoms with Crippen LogP contribution in [0.2, 0.25) is 0 Å². The van der Waals surface area contributed by atoms with Crippen molar-refractivity contribution in [3.63, 3.8) is 0 Å². The fourth-order valence-electron chi connectivity index (χ4n) is 0.709. The molecule has 0 amide bonds. The quantitative estimate of drug-likeness (QED) is 0.536. The Labute approximate surface area is 75.3 Å². The molecule has 0 aromatic heterocycles. The van der Waals surface area contributed by atoms with E-state index in [0.29, 0.717) is 0 Å². The molecule has 0 aromatic carbocycles. The molecule has 0 saturated heterocycles. The normalized spacial score (nSPS) is 12.6. The van der Waals surface area contributed by atoms with E-state index in [1.165, 1.54) is 0 Å². The molecule has 0 bridgehead atoms. The highest BCUT2D eigenvalue weighted by Crippen LogP contribution is 1.98. The first-order valence-corrected chi connectivity index (χ1v) is 4.13. The Morgan fingerprint density at radius 1 is 1.25 bits per heavy atom. The summed E-state index contributed by atoms with van der Waals surface area (Å²) in [5, 5.41) is 0. The zero-order valence-electron chi connectivity index (χ0n) is 7.66. The average molecular weight is 160 g/mol. The first-order valence-electron chi connectivity index (χ1n) is 4.13. The number of allylic oxidation sites excluding steroid dienone is 8. The van der Waals surface area contributed by atoms with Crippen molar-refractivity contribution < 1.29 is 0 Å². The molecule has 12 heavy (non-hydrogen) atoms. The summed E-state index contributed by atoms with van der Waals surface area (Å²) in [6.07, 6.45) is 14.7. The molecule has 0 N–H and O–H groups in total. The third-order valence-electron chi connectivity index (χ3n) is 1.32. The fraction of sp³-hybridized carbons (Fsp3) is 0.167. The predicted molar refractivity (Wildman–Crippen MR) is 57.0 cm³/mol. The van der Waals surface area contributed by atoms with Gasteiger partial charge in [0, 0.05) is 0 Å². The van der Waals surface area contributed by atoms with E-state index in [0.717, 1.165) is 12.0 Å². The zero-order chi connectivity index (χ0) is 9.23. The Balaban J connectivity index is 4.10. The van der Waals surface area contributed by atoms with Crippen LogP contribution in [0.5, 0.6) is 0 Å². The molecule has 64 valence electrons. The molecule has 0 rings (SSSR count). The van der Waals surface area contributed by atoms with Crippen molar-refractivity contribution in [3.8, 4) is 0 Å². The van der Waals surface area contributed by atoms with Crippen LogP contribution in [-0.2, 0) is 0 Å². The SMILES string of the molecule is C=C/C=C(C=C)/C=C/C=C\CC. The van der Waals surface area contributed by atoms with Gasteiger partial charge >= 0.3 is 0 Å². The second kappa shape index (κ2) is 7.80. The lowest BCUT2D eigenvalue weighted by atomic mass is 10.2. The third-order valence-corrected chi connectivity index (χ3v) is 1.32. The Kier molecular flexibility index (Phi) is 6.96. The lowest BCUT2D eigenvalue weighted by molar-refractivity contribution is 1.22. The average Bonchev–Trinajstić information content (AvgIpc) is 2.10. The first kappa shape index (κ1) is 10.7. The van der Waals surface area contributed by atoms with Crippen LogP contribution in [0.3, 0.4) is 0 Å². The van der Waals surface area contributed by atoms with E-state index in [1.807, 2.05) is 24.3 Å². The van der Waals surface area contributed by atoms with Gasteiger partial charge in [0.05, 0.1) is 0 Å². The zero-order valence-corrected chi connectivity index (χ0v) is 7.66. The van der Waals surface area contributed by atoms with E-state index < -0.39 is 0 Å². The summed E-state index contributed by atoms with van der Waals surface area (Å²) in [5.74, 6) is 0. The third kappa shape index (κ3) is 5.48. The standard InChI is InChI=1S/C12H16/c1-4-7-8-9-11-12(6-3)10-5-2/h5-11H,2-4H2,1H3/b8-7-,11-9+,12-10+. The van der Waals surface area contributed by atoms with Gasteiger partial charge in [-0.2, -0.15) is 0 Å². The molecule has 0 aliphatic heterocycles. The molecule has 0 fully saturated rings. The van der Waals surface area contributed by atoms with Gasteiger partial charge in [-0.1, -0.05) is 62.6 Å². The van der Waals surface area contributed by atoms with Crippen molar-refractivity contribution in [1.29, 1.82) is 0 Å². The Morgan fingerprint density at radius 2 is 2.00 bits per heavy atom. The van der Waals surface area contributed by atoms with Crippen molar-refractivity contribution in [2.45, 2.75) is 13.3 Å². The van der Waals surface area contributed by atoms with Gasteiger partial charge in [-0.25, -0.2) is 0 Å². The number of hydrogen-bond donors (Lipinski definition) is 0. The summed E-state index contributed by atoms with van der Waals surface area (Å²) in [4.78, 5) is 0. The lowest BCUT2D eigenvalue weighted by Crippen LogP contribution is -1.66. The number of hydrogen-bond acceptors (Lipinski definition) is 0. The highest BCUT2D eigenvalue weighted by atomic mass is 13.8. The van der Waals surface area contributed by atoms with Crippen molar-refractivity contribution >= 4 is 0 Å². The van der Waals surface area contributed by atoms with Crippen LogP contribution in [-0.4, -0.2) is 0 Å². The van der Waals surface area contributed by atoms with E-state index in [1.54, 1.807) is 12.2 Å².